The quantitative estimate of drug-likeness (QED) is 0.347. The van der Waals surface area contributed by atoms with Crippen molar-refractivity contribution in [3.05, 3.63) is 69.5 Å². The van der Waals surface area contributed by atoms with Crippen LogP contribution in [0.4, 0.5) is 0 Å². The molecule has 0 aliphatic carbocycles. The molecule has 0 aliphatic rings. The lowest BCUT2D eigenvalue weighted by Gasteiger charge is -1.99. The van der Waals surface area contributed by atoms with Crippen LogP contribution < -0.4 is 0 Å². The third kappa shape index (κ3) is 4.81. The molecule has 0 fully saturated rings. The van der Waals surface area contributed by atoms with Gasteiger partial charge >= 0.3 is 0 Å². The van der Waals surface area contributed by atoms with Crippen molar-refractivity contribution in [2.45, 2.75) is 13.3 Å². The fourth-order valence-corrected chi connectivity index (χ4v) is 2.51. The lowest BCUT2D eigenvalue weighted by Crippen LogP contribution is -1.95. The summed E-state index contributed by atoms with van der Waals surface area (Å²) >= 11 is 11.9. The highest BCUT2D eigenvalue weighted by molar-refractivity contribution is 6.36. The van der Waals surface area contributed by atoms with Crippen molar-refractivity contribution in [2.75, 3.05) is 6.61 Å². The molecule has 25 heavy (non-hydrogen) atoms. The van der Waals surface area contributed by atoms with Gasteiger partial charge in [-0.2, -0.15) is 0 Å². The molecule has 5 nitrogen and oxygen atoms in total. The molecule has 0 bridgehead atoms. The number of nitrogens with zero attached hydrogens (tertiary/aromatic N) is 3. The van der Waals surface area contributed by atoms with Gasteiger partial charge in [0.2, 0.25) is 11.8 Å². The summed E-state index contributed by atoms with van der Waals surface area (Å²) in [6.45, 7) is 2.34. The van der Waals surface area contributed by atoms with Crippen LogP contribution in [0, 0.1) is 6.92 Å². The Kier molecular flexibility index (Phi) is 5.68. The lowest BCUT2D eigenvalue weighted by atomic mass is 10.1. The van der Waals surface area contributed by atoms with Gasteiger partial charge in [0.1, 0.15) is 6.61 Å². The smallest absolute Gasteiger partial charge is 0.247 e. The summed E-state index contributed by atoms with van der Waals surface area (Å²) in [7, 11) is 0. The van der Waals surface area contributed by atoms with Crippen molar-refractivity contribution in [1.82, 2.24) is 10.2 Å². The molecule has 0 saturated heterocycles. The van der Waals surface area contributed by atoms with Crippen molar-refractivity contribution < 1.29 is 9.25 Å². The van der Waals surface area contributed by atoms with Crippen molar-refractivity contribution in [2.24, 2.45) is 5.16 Å². The Bertz CT molecular complexity index is 876. The van der Waals surface area contributed by atoms with E-state index in [1.54, 1.807) is 18.2 Å². The van der Waals surface area contributed by atoms with Gasteiger partial charge in [0.25, 0.3) is 0 Å². The van der Waals surface area contributed by atoms with Crippen LogP contribution in [-0.4, -0.2) is 23.0 Å². The van der Waals surface area contributed by atoms with Crippen LogP contribution in [0.1, 0.15) is 17.0 Å². The number of halogens is 2. The molecule has 2 aromatic carbocycles. The van der Waals surface area contributed by atoms with E-state index < -0.39 is 0 Å². The fourth-order valence-electron chi connectivity index (χ4n) is 2.05. The largest absolute Gasteiger partial charge is 0.421 e. The van der Waals surface area contributed by atoms with Gasteiger partial charge in [0, 0.05) is 16.1 Å². The van der Waals surface area contributed by atoms with Crippen LogP contribution >= 0.6 is 23.2 Å². The van der Waals surface area contributed by atoms with Crippen molar-refractivity contribution in [1.29, 1.82) is 0 Å². The first-order valence-electron chi connectivity index (χ1n) is 7.61. The fraction of sp³-hybridized carbons (Fsp3) is 0.167. The van der Waals surface area contributed by atoms with Crippen molar-refractivity contribution in [3.63, 3.8) is 0 Å². The first kappa shape index (κ1) is 17.5. The Morgan fingerprint density at radius 1 is 1.12 bits per heavy atom. The molecule has 0 spiro atoms. The first-order valence-corrected chi connectivity index (χ1v) is 8.37. The molecule has 0 unspecified atom stereocenters. The van der Waals surface area contributed by atoms with Gasteiger partial charge in [0.15, 0.2) is 0 Å². The predicted octanol–water partition coefficient (Wildman–Crippen LogP) is 4.95. The van der Waals surface area contributed by atoms with E-state index in [-0.39, 0.29) is 0 Å². The highest BCUT2D eigenvalue weighted by Crippen LogP contribution is 2.20. The Balaban J connectivity index is 1.51. The van der Waals surface area contributed by atoms with Crippen molar-refractivity contribution in [3.8, 4) is 11.5 Å². The number of aryl methyl sites for hydroxylation is 1. The molecular formula is C18H15Cl2N3O2. The van der Waals surface area contributed by atoms with E-state index in [0.29, 0.717) is 34.9 Å². The number of aromatic nitrogens is 2. The summed E-state index contributed by atoms with van der Waals surface area (Å²) in [5.74, 6) is 0.988. The van der Waals surface area contributed by atoms with Crippen molar-refractivity contribution >= 4 is 29.4 Å². The Morgan fingerprint density at radius 2 is 1.92 bits per heavy atom. The number of benzene rings is 2. The molecule has 3 rings (SSSR count). The van der Waals surface area contributed by atoms with E-state index in [1.165, 1.54) is 11.8 Å². The maximum atomic E-state index is 6.04. The van der Waals surface area contributed by atoms with E-state index in [1.807, 2.05) is 31.2 Å². The highest BCUT2D eigenvalue weighted by atomic mass is 35.5. The van der Waals surface area contributed by atoms with Crippen LogP contribution in [-0.2, 0) is 11.3 Å². The van der Waals surface area contributed by atoms with E-state index in [2.05, 4.69) is 15.4 Å². The average molecular weight is 376 g/mol. The minimum atomic E-state index is 0.317. The summed E-state index contributed by atoms with van der Waals surface area (Å²) in [5, 5.41) is 13.0. The molecule has 0 amide bonds. The molecule has 0 radical (unpaired) electrons. The van der Waals surface area contributed by atoms with Gasteiger partial charge in [-0.3, -0.25) is 0 Å². The van der Waals surface area contributed by atoms with Gasteiger partial charge in [-0.05, 0) is 31.2 Å². The zero-order valence-corrected chi connectivity index (χ0v) is 15.0. The zero-order valence-electron chi connectivity index (χ0n) is 13.4. The van der Waals surface area contributed by atoms with E-state index in [9.17, 15) is 0 Å². The van der Waals surface area contributed by atoms with E-state index in [4.69, 9.17) is 32.5 Å². The summed E-state index contributed by atoms with van der Waals surface area (Å²) in [5.41, 5.74) is 2.79. The molecular weight excluding hydrogens is 361 g/mol. The summed E-state index contributed by atoms with van der Waals surface area (Å²) in [6.07, 6.45) is 1.99. The standard InChI is InChI=1S/C18H15Cl2N3O2/c1-12-2-4-13(5-3-12)18-23-22-17(25-18)8-9-24-21-11-14-6-7-15(19)10-16(14)20/h2-7,10-11H,8-9H2,1H3/b21-11+. The van der Waals surface area contributed by atoms with Gasteiger partial charge in [0.05, 0.1) is 17.7 Å². The maximum absolute atomic E-state index is 6.04. The molecule has 7 heteroatoms. The Labute approximate surface area is 155 Å². The summed E-state index contributed by atoms with van der Waals surface area (Å²) in [6, 6.07) is 13.0. The van der Waals surface area contributed by atoms with Gasteiger partial charge < -0.3 is 9.25 Å². The molecule has 0 N–H and O–H groups in total. The highest BCUT2D eigenvalue weighted by Gasteiger charge is 2.08. The number of oxime groups is 1. The molecule has 1 aromatic heterocycles. The Hall–Kier alpha value is -2.37. The topological polar surface area (TPSA) is 60.5 Å². The molecule has 3 aromatic rings. The van der Waals surface area contributed by atoms with Crippen LogP contribution in [0.25, 0.3) is 11.5 Å². The van der Waals surface area contributed by atoms with E-state index in [0.717, 1.165) is 11.1 Å². The predicted molar refractivity (Wildman–Crippen MR) is 98.2 cm³/mol. The number of hydrogen-bond donors (Lipinski definition) is 0. The van der Waals surface area contributed by atoms with Crippen LogP contribution in [0.5, 0.6) is 0 Å². The SMILES string of the molecule is Cc1ccc(-c2nnc(CCO/N=C/c3ccc(Cl)cc3Cl)o2)cc1. The van der Waals surface area contributed by atoms with Crippen LogP contribution in [0.3, 0.4) is 0 Å². The average Bonchev–Trinajstić information content (AvgIpc) is 3.06. The summed E-state index contributed by atoms with van der Waals surface area (Å²) < 4.78 is 5.62. The monoisotopic (exact) mass is 375 g/mol. The van der Waals surface area contributed by atoms with Gasteiger partial charge in [-0.1, -0.05) is 52.1 Å². The summed E-state index contributed by atoms with van der Waals surface area (Å²) in [4.78, 5) is 5.21. The molecule has 0 aliphatic heterocycles. The lowest BCUT2D eigenvalue weighted by molar-refractivity contribution is 0.144. The minimum absolute atomic E-state index is 0.317. The Morgan fingerprint density at radius 3 is 2.68 bits per heavy atom. The third-order valence-corrected chi connectivity index (χ3v) is 3.96. The van der Waals surface area contributed by atoms with E-state index >= 15 is 0 Å². The molecule has 1 heterocycles. The maximum Gasteiger partial charge on any atom is 0.247 e. The zero-order chi connectivity index (χ0) is 17.6. The second-order valence-corrected chi connectivity index (χ2v) is 6.19. The second kappa shape index (κ2) is 8.14. The normalized spacial score (nSPS) is 11.2. The molecule has 128 valence electrons. The van der Waals surface area contributed by atoms with Crippen LogP contribution in [0.15, 0.2) is 52.0 Å². The molecule has 0 atom stereocenters. The second-order valence-electron chi connectivity index (χ2n) is 5.35. The minimum Gasteiger partial charge on any atom is -0.421 e. The third-order valence-electron chi connectivity index (χ3n) is 3.40. The number of hydrogen-bond acceptors (Lipinski definition) is 5. The van der Waals surface area contributed by atoms with Gasteiger partial charge in [-0.25, -0.2) is 0 Å². The van der Waals surface area contributed by atoms with Gasteiger partial charge in [-0.15, -0.1) is 10.2 Å². The first-order chi connectivity index (χ1) is 12.1. The molecule has 0 saturated carbocycles. The number of rotatable bonds is 6. The van der Waals surface area contributed by atoms with Crippen LogP contribution in [0.2, 0.25) is 10.0 Å².